The monoisotopic (exact) mass is 551 g/mol. The molecule has 210 valence electrons. The van der Waals surface area contributed by atoms with E-state index in [2.05, 4.69) is 11.0 Å². The molecule has 1 saturated heterocycles. The van der Waals surface area contributed by atoms with Crippen LogP contribution in [0.4, 0.5) is 0 Å². The van der Waals surface area contributed by atoms with E-state index in [9.17, 15) is 14.4 Å². The summed E-state index contributed by atoms with van der Waals surface area (Å²) in [4.78, 5) is 41.3. The smallest absolute Gasteiger partial charge is 0.330 e. The van der Waals surface area contributed by atoms with E-state index in [4.69, 9.17) is 14.2 Å². The van der Waals surface area contributed by atoms with Crippen LogP contribution in [0.5, 0.6) is 0 Å². The molecule has 4 rings (SSSR count). The lowest BCUT2D eigenvalue weighted by molar-refractivity contribution is -0.168. The van der Waals surface area contributed by atoms with Gasteiger partial charge < -0.3 is 14.2 Å². The molecule has 1 aliphatic heterocycles. The number of esters is 3. The van der Waals surface area contributed by atoms with Gasteiger partial charge in [0.2, 0.25) is 5.41 Å². The Morgan fingerprint density at radius 2 is 1.29 bits per heavy atom. The maximum atomic E-state index is 14.0. The summed E-state index contributed by atoms with van der Waals surface area (Å²) in [6.45, 7) is 3.34. The van der Waals surface area contributed by atoms with Crippen LogP contribution in [0.15, 0.2) is 108 Å². The molecule has 41 heavy (non-hydrogen) atoms. The topological polar surface area (TPSA) is 90.9 Å². The summed E-state index contributed by atoms with van der Waals surface area (Å²) in [5, 5.41) is 3.16. The molecule has 0 unspecified atom stereocenters. The minimum Gasteiger partial charge on any atom is -0.468 e. The number of carbonyl (C=O) groups excluding carboxylic acids is 3. The average molecular weight is 552 g/mol. The fourth-order valence-corrected chi connectivity index (χ4v) is 4.93. The predicted octanol–water partition coefficient (Wildman–Crippen LogP) is 4.98. The number of rotatable bonds is 9. The zero-order chi connectivity index (χ0) is 29.2. The number of ether oxygens (including phenoxy) is 3. The van der Waals surface area contributed by atoms with Crippen molar-refractivity contribution in [2.45, 2.75) is 25.9 Å². The van der Waals surface area contributed by atoms with Gasteiger partial charge in [0.15, 0.2) is 0 Å². The predicted molar refractivity (Wildman–Crippen MR) is 156 cm³/mol. The van der Waals surface area contributed by atoms with Crippen molar-refractivity contribution in [3.63, 3.8) is 0 Å². The maximum Gasteiger partial charge on any atom is 0.330 e. The summed E-state index contributed by atoms with van der Waals surface area (Å²) >= 11 is 0. The first-order valence-corrected chi connectivity index (χ1v) is 13.5. The first kappa shape index (κ1) is 29.3. The van der Waals surface area contributed by atoms with E-state index >= 15 is 0 Å². The van der Waals surface area contributed by atoms with Crippen molar-refractivity contribution in [1.82, 2.24) is 5.32 Å². The average Bonchev–Trinajstić information content (AvgIpc) is 3.34. The lowest BCUT2D eigenvalue weighted by atomic mass is 9.74. The van der Waals surface area contributed by atoms with Crippen molar-refractivity contribution in [2.24, 2.45) is 5.41 Å². The molecule has 2 atom stereocenters. The molecule has 0 saturated carbocycles. The summed E-state index contributed by atoms with van der Waals surface area (Å²) in [6, 6.07) is 26.1. The summed E-state index contributed by atoms with van der Waals surface area (Å²) in [5.74, 6) is -2.37. The zero-order valence-electron chi connectivity index (χ0n) is 23.3. The number of carbonyl (C=O) groups is 3. The Hall–Kier alpha value is -4.71. The SMILES string of the molecule is CCOC(=O)C1(C(=O)OCC)C(=C=C(c2ccccc2)c2ccccc2)[C@H](C(=O)OC)N[C@@H]1/C=C/c1ccccc1. The molecule has 0 aliphatic carbocycles. The molecule has 1 heterocycles. The Morgan fingerprint density at radius 1 is 0.805 bits per heavy atom. The van der Waals surface area contributed by atoms with Gasteiger partial charge in [-0.1, -0.05) is 103 Å². The number of hydrogen-bond donors (Lipinski definition) is 1. The van der Waals surface area contributed by atoms with Gasteiger partial charge in [0, 0.05) is 11.1 Å². The largest absolute Gasteiger partial charge is 0.468 e. The van der Waals surface area contributed by atoms with Crippen LogP contribution >= 0.6 is 0 Å². The van der Waals surface area contributed by atoms with E-state index in [0.717, 1.165) is 16.7 Å². The van der Waals surface area contributed by atoms with Crippen LogP contribution in [0.1, 0.15) is 30.5 Å². The molecular formula is C34H33NO6. The minimum atomic E-state index is -2.06. The number of nitrogens with one attached hydrogen (secondary N) is 1. The third-order valence-electron chi connectivity index (χ3n) is 6.82. The van der Waals surface area contributed by atoms with Crippen molar-refractivity contribution >= 4 is 29.6 Å². The molecule has 0 amide bonds. The van der Waals surface area contributed by atoms with Crippen LogP contribution in [-0.4, -0.2) is 50.3 Å². The van der Waals surface area contributed by atoms with Gasteiger partial charge >= 0.3 is 17.9 Å². The highest BCUT2D eigenvalue weighted by atomic mass is 16.6. The van der Waals surface area contributed by atoms with E-state index < -0.39 is 35.4 Å². The number of benzene rings is 3. The van der Waals surface area contributed by atoms with Gasteiger partial charge in [-0.15, -0.1) is 5.73 Å². The van der Waals surface area contributed by atoms with Gasteiger partial charge in [0.1, 0.15) is 6.04 Å². The van der Waals surface area contributed by atoms with Crippen molar-refractivity contribution in [2.75, 3.05) is 20.3 Å². The van der Waals surface area contributed by atoms with Crippen molar-refractivity contribution < 1.29 is 28.6 Å². The highest BCUT2D eigenvalue weighted by Gasteiger charge is 2.65. The van der Waals surface area contributed by atoms with Crippen LogP contribution in [-0.2, 0) is 28.6 Å². The lowest BCUT2D eigenvalue weighted by Crippen LogP contribution is -2.50. The van der Waals surface area contributed by atoms with Gasteiger partial charge in [0.05, 0.1) is 26.4 Å². The number of methoxy groups -OCH3 is 1. The molecule has 1 fully saturated rings. The van der Waals surface area contributed by atoms with Gasteiger partial charge in [-0.25, -0.2) is 4.79 Å². The van der Waals surface area contributed by atoms with Crippen LogP contribution < -0.4 is 5.32 Å². The fraction of sp³-hybridized carbons (Fsp3) is 0.235. The van der Waals surface area contributed by atoms with Gasteiger partial charge in [-0.3, -0.25) is 14.9 Å². The molecule has 3 aromatic rings. The molecule has 0 spiro atoms. The third kappa shape index (κ3) is 6.07. The van der Waals surface area contributed by atoms with E-state index in [0.29, 0.717) is 5.57 Å². The van der Waals surface area contributed by atoms with Crippen LogP contribution in [0.25, 0.3) is 11.6 Å². The van der Waals surface area contributed by atoms with Gasteiger partial charge in [-0.2, -0.15) is 0 Å². The quantitative estimate of drug-likeness (QED) is 0.174. The summed E-state index contributed by atoms with van der Waals surface area (Å²) < 4.78 is 16.2. The highest BCUT2D eigenvalue weighted by molar-refractivity contribution is 6.08. The Bertz CT molecular complexity index is 1400. The molecule has 0 aromatic heterocycles. The zero-order valence-corrected chi connectivity index (χ0v) is 23.3. The van der Waals surface area contributed by atoms with Crippen molar-refractivity contribution in [3.8, 4) is 0 Å². The third-order valence-corrected chi connectivity index (χ3v) is 6.82. The normalized spacial score (nSPS) is 17.5. The highest BCUT2D eigenvalue weighted by Crippen LogP contribution is 2.44. The van der Waals surface area contributed by atoms with Crippen molar-refractivity contribution in [1.29, 1.82) is 0 Å². The summed E-state index contributed by atoms with van der Waals surface area (Å²) in [6.07, 6.45) is 3.46. The van der Waals surface area contributed by atoms with E-state index in [-0.39, 0.29) is 18.8 Å². The minimum absolute atomic E-state index is 0.0131. The Balaban J connectivity index is 2.11. The second-order valence-corrected chi connectivity index (χ2v) is 9.26. The molecular weight excluding hydrogens is 518 g/mol. The second kappa shape index (κ2) is 13.6. The molecule has 0 bridgehead atoms. The maximum absolute atomic E-state index is 14.0. The van der Waals surface area contributed by atoms with Crippen molar-refractivity contribution in [3.05, 3.63) is 125 Å². The van der Waals surface area contributed by atoms with Gasteiger partial charge in [-0.05, 0) is 30.5 Å². The van der Waals surface area contributed by atoms with E-state index in [1.54, 1.807) is 26.0 Å². The van der Waals surface area contributed by atoms with Crippen LogP contribution in [0.3, 0.4) is 0 Å². The summed E-state index contributed by atoms with van der Waals surface area (Å²) in [5.41, 5.74) is 4.32. The van der Waals surface area contributed by atoms with Crippen LogP contribution in [0, 0.1) is 5.41 Å². The van der Waals surface area contributed by atoms with Crippen LogP contribution in [0.2, 0.25) is 0 Å². The lowest BCUT2D eigenvalue weighted by Gasteiger charge is -2.29. The standard InChI is InChI=1S/C34H33NO6/c1-4-40-32(37)34(33(38)41-5-2)28(23-27(25-17-11-7-12-18-25)26-19-13-8-14-20-26)30(31(36)39-3)35-29(34)22-21-24-15-9-6-10-16-24/h6-22,29-30,35H,4-5H2,1-3H3/b22-21+/t29-,30-/m1/s1. The molecule has 7 nitrogen and oxygen atoms in total. The Labute approximate surface area is 240 Å². The molecule has 7 heteroatoms. The number of hydrogen-bond acceptors (Lipinski definition) is 7. The molecule has 0 radical (unpaired) electrons. The Kier molecular flexibility index (Phi) is 9.69. The first-order chi connectivity index (χ1) is 20.0. The van der Waals surface area contributed by atoms with Gasteiger partial charge in [0.25, 0.3) is 0 Å². The Morgan fingerprint density at radius 3 is 1.76 bits per heavy atom. The first-order valence-electron chi connectivity index (χ1n) is 13.5. The van der Waals surface area contributed by atoms with E-state index in [1.807, 2.05) is 91.0 Å². The molecule has 3 aromatic carbocycles. The van der Waals surface area contributed by atoms with E-state index in [1.165, 1.54) is 7.11 Å². The fourth-order valence-electron chi connectivity index (χ4n) is 4.93. The second-order valence-electron chi connectivity index (χ2n) is 9.26. The summed E-state index contributed by atoms with van der Waals surface area (Å²) in [7, 11) is 1.25. The molecule has 1 aliphatic rings. The molecule has 1 N–H and O–H groups in total.